The Bertz CT molecular complexity index is 880. The molecule has 31 heavy (non-hydrogen) atoms. The van der Waals surface area contributed by atoms with Crippen LogP contribution in [0.1, 0.15) is 84.2 Å². The molecule has 3 rings (SSSR count). The minimum absolute atomic E-state index is 0.00336. The quantitative estimate of drug-likeness (QED) is 0.238. The van der Waals surface area contributed by atoms with Gasteiger partial charge in [-0.25, -0.2) is 4.98 Å². The van der Waals surface area contributed by atoms with Gasteiger partial charge in [-0.1, -0.05) is 50.7 Å². The van der Waals surface area contributed by atoms with Gasteiger partial charge in [0.15, 0.2) is 5.13 Å². The lowest BCUT2D eigenvalue weighted by molar-refractivity contribution is -0.116. The van der Waals surface area contributed by atoms with Crippen LogP contribution in [0.15, 0.2) is 29.6 Å². The van der Waals surface area contributed by atoms with E-state index in [2.05, 4.69) is 10.3 Å². The molecule has 8 heteroatoms. The first-order chi connectivity index (χ1) is 15.1. The molecule has 2 heterocycles. The fraction of sp³-hybridized carbons (Fsp3) is 0.478. The number of benzene rings is 1. The van der Waals surface area contributed by atoms with Gasteiger partial charge >= 0.3 is 0 Å². The Labute approximate surface area is 192 Å². The maximum Gasteiger partial charge on any atom is 0.261 e. The highest BCUT2D eigenvalue weighted by Gasteiger charge is 2.34. The average molecular weight is 462 g/mol. The minimum atomic E-state index is -0.168. The average Bonchev–Trinajstić information content (AvgIpc) is 3.33. The van der Waals surface area contributed by atoms with Crippen LogP contribution in [-0.2, 0) is 10.7 Å². The van der Waals surface area contributed by atoms with Gasteiger partial charge in [0.25, 0.3) is 11.8 Å². The number of thiazole rings is 1. The van der Waals surface area contributed by atoms with E-state index in [1.807, 2.05) is 5.38 Å². The summed E-state index contributed by atoms with van der Waals surface area (Å²) in [6.07, 6.45) is 8.75. The normalized spacial score (nSPS) is 13.0. The Kier molecular flexibility index (Phi) is 9.03. The summed E-state index contributed by atoms with van der Waals surface area (Å²) in [5.74, 6) is 0.0244. The molecular formula is C23H28ClN3O3S. The van der Waals surface area contributed by atoms with Crippen LogP contribution in [-0.4, -0.2) is 34.2 Å². The number of rotatable bonds is 13. The van der Waals surface area contributed by atoms with Gasteiger partial charge in [0.2, 0.25) is 5.91 Å². The second-order valence-electron chi connectivity index (χ2n) is 7.71. The van der Waals surface area contributed by atoms with E-state index in [1.165, 1.54) is 16.2 Å². The van der Waals surface area contributed by atoms with Gasteiger partial charge in [0.1, 0.15) is 0 Å². The Morgan fingerprint density at radius 2 is 1.52 bits per heavy atom. The number of imide groups is 1. The zero-order chi connectivity index (χ0) is 22.1. The number of fused-ring (bicyclic) bond motifs is 1. The second kappa shape index (κ2) is 12.0. The van der Waals surface area contributed by atoms with Crippen LogP contribution >= 0.6 is 22.9 Å². The molecule has 1 aromatic carbocycles. The second-order valence-corrected chi connectivity index (χ2v) is 8.84. The summed E-state index contributed by atoms with van der Waals surface area (Å²) in [7, 11) is 0. The zero-order valence-electron chi connectivity index (χ0n) is 17.6. The number of nitrogens with one attached hydrogen (secondary N) is 1. The number of alkyl halides is 1. The summed E-state index contributed by atoms with van der Waals surface area (Å²) in [5.41, 5.74) is 1.83. The van der Waals surface area contributed by atoms with Crippen molar-refractivity contribution in [3.63, 3.8) is 0 Å². The number of nitrogens with zero attached hydrogens (tertiary/aromatic N) is 2. The summed E-state index contributed by atoms with van der Waals surface area (Å²) >= 11 is 7.11. The van der Waals surface area contributed by atoms with E-state index >= 15 is 0 Å². The Hall–Kier alpha value is -2.25. The predicted molar refractivity (Wildman–Crippen MR) is 124 cm³/mol. The summed E-state index contributed by atoms with van der Waals surface area (Å²) in [4.78, 5) is 42.1. The van der Waals surface area contributed by atoms with Crippen molar-refractivity contribution in [1.82, 2.24) is 9.88 Å². The number of anilines is 1. The van der Waals surface area contributed by atoms with E-state index < -0.39 is 0 Å². The molecule has 0 saturated carbocycles. The first kappa shape index (κ1) is 23.4. The number of carbonyl (C=O) groups is 3. The summed E-state index contributed by atoms with van der Waals surface area (Å²) in [6.45, 7) is 0.493. The molecule has 0 bridgehead atoms. The van der Waals surface area contributed by atoms with Crippen LogP contribution in [0.25, 0.3) is 0 Å². The third-order valence-electron chi connectivity index (χ3n) is 5.35. The molecule has 1 aliphatic rings. The molecule has 0 spiro atoms. The van der Waals surface area contributed by atoms with Gasteiger partial charge in [-0.3, -0.25) is 19.3 Å². The minimum Gasteiger partial charge on any atom is -0.302 e. The Balaban J connectivity index is 1.18. The van der Waals surface area contributed by atoms with Gasteiger partial charge in [-0.2, -0.15) is 0 Å². The standard InChI is InChI=1S/C23H28ClN3O3S/c24-15-17-16-31-23(25-17)26-20(28)13-7-5-3-1-2-4-6-10-14-27-21(29)18-11-8-9-12-19(18)22(27)30/h8-9,11-12,16H,1-7,10,13-15H2,(H,25,26,28). The fourth-order valence-electron chi connectivity index (χ4n) is 3.67. The predicted octanol–water partition coefficient (Wildman–Crippen LogP) is 5.63. The van der Waals surface area contributed by atoms with Crippen LogP contribution in [0.5, 0.6) is 0 Å². The number of amides is 3. The van der Waals surface area contributed by atoms with E-state index in [0.29, 0.717) is 35.1 Å². The molecular weight excluding hydrogens is 434 g/mol. The van der Waals surface area contributed by atoms with E-state index in [0.717, 1.165) is 57.1 Å². The van der Waals surface area contributed by atoms with Gasteiger partial charge in [0, 0.05) is 18.3 Å². The molecule has 0 radical (unpaired) electrons. The third kappa shape index (κ3) is 6.61. The monoisotopic (exact) mass is 461 g/mol. The molecule has 0 saturated heterocycles. The SMILES string of the molecule is O=C(CCCCCCCCCCN1C(=O)c2ccccc2C1=O)Nc1nc(CCl)cs1. The highest BCUT2D eigenvalue weighted by molar-refractivity contribution is 7.13. The highest BCUT2D eigenvalue weighted by Crippen LogP contribution is 2.23. The van der Waals surface area contributed by atoms with Gasteiger partial charge in [-0.05, 0) is 25.0 Å². The van der Waals surface area contributed by atoms with E-state index in [4.69, 9.17) is 11.6 Å². The Morgan fingerprint density at radius 3 is 2.10 bits per heavy atom. The lowest BCUT2D eigenvalue weighted by Crippen LogP contribution is -2.30. The topological polar surface area (TPSA) is 79.4 Å². The number of unbranched alkanes of at least 4 members (excludes halogenated alkanes) is 7. The first-order valence-electron chi connectivity index (χ1n) is 10.9. The van der Waals surface area contributed by atoms with Crippen molar-refractivity contribution >= 4 is 45.8 Å². The highest BCUT2D eigenvalue weighted by atomic mass is 35.5. The van der Waals surface area contributed by atoms with Crippen LogP contribution in [0.4, 0.5) is 5.13 Å². The van der Waals surface area contributed by atoms with E-state index in [1.54, 1.807) is 24.3 Å². The van der Waals surface area contributed by atoms with Crippen LogP contribution in [0.3, 0.4) is 0 Å². The summed E-state index contributed by atoms with van der Waals surface area (Å²) < 4.78 is 0. The Morgan fingerprint density at radius 1 is 0.935 bits per heavy atom. The van der Waals surface area contributed by atoms with Crippen molar-refractivity contribution in [3.8, 4) is 0 Å². The molecule has 1 aliphatic heterocycles. The lowest BCUT2D eigenvalue weighted by Gasteiger charge is -2.13. The van der Waals surface area contributed by atoms with Crippen molar-refractivity contribution in [3.05, 3.63) is 46.5 Å². The smallest absolute Gasteiger partial charge is 0.261 e. The number of hydrogen-bond donors (Lipinski definition) is 1. The van der Waals surface area contributed by atoms with Crippen molar-refractivity contribution in [2.45, 2.75) is 63.7 Å². The zero-order valence-corrected chi connectivity index (χ0v) is 19.1. The molecule has 0 aliphatic carbocycles. The van der Waals surface area contributed by atoms with E-state index in [-0.39, 0.29) is 17.7 Å². The molecule has 166 valence electrons. The number of aromatic nitrogens is 1. The van der Waals surface area contributed by atoms with Crippen molar-refractivity contribution in [2.75, 3.05) is 11.9 Å². The van der Waals surface area contributed by atoms with Crippen molar-refractivity contribution < 1.29 is 14.4 Å². The molecule has 1 N–H and O–H groups in total. The van der Waals surface area contributed by atoms with Crippen molar-refractivity contribution in [1.29, 1.82) is 0 Å². The molecule has 0 atom stereocenters. The molecule has 1 aromatic heterocycles. The van der Waals surface area contributed by atoms with Gasteiger partial charge in [-0.15, -0.1) is 22.9 Å². The maximum atomic E-state index is 12.3. The number of hydrogen-bond acceptors (Lipinski definition) is 5. The van der Waals surface area contributed by atoms with Crippen LogP contribution < -0.4 is 5.32 Å². The number of carbonyl (C=O) groups excluding carboxylic acids is 3. The van der Waals surface area contributed by atoms with Crippen LogP contribution in [0, 0.1) is 0 Å². The fourth-order valence-corrected chi connectivity index (χ4v) is 4.62. The lowest BCUT2D eigenvalue weighted by atomic mass is 10.1. The summed E-state index contributed by atoms with van der Waals surface area (Å²) in [5, 5.41) is 5.28. The third-order valence-corrected chi connectivity index (χ3v) is 6.43. The number of halogens is 1. The van der Waals surface area contributed by atoms with Crippen molar-refractivity contribution in [2.24, 2.45) is 0 Å². The van der Waals surface area contributed by atoms with Gasteiger partial charge < -0.3 is 5.32 Å². The maximum absolute atomic E-state index is 12.3. The van der Waals surface area contributed by atoms with E-state index in [9.17, 15) is 14.4 Å². The molecule has 0 unspecified atom stereocenters. The van der Waals surface area contributed by atoms with Crippen LogP contribution in [0.2, 0.25) is 0 Å². The van der Waals surface area contributed by atoms with Gasteiger partial charge in [0.05, 0.1) is 22.7 Å². The molecule has 0 fully saturated rings. The largest absolute Gasteiger partial charge is 0.302 e. The molecule has 3 amide bonds. The first-order valence-corrected chi connectivity index (χ1v) is 12.3. The molecule has 6 nitrogen and oxygen atoms in total. The molecule has 2 aromatic rings. The summed E-state index contributed by atoms with van der Waals surface area (Å²) in [6, 6.07) is 7.02.